The summed E-state index contributed by atoms with van der Waals surface area (Å²) in [6.45, 7) is 2.70. The van der Waals surface area contributed by atoms with E-state index in [0.29, 0.717) is 17.7 Å². The van der Waals surface area contributed by atoms with Gasteiger partial charge in [0.15, 0.2) is 0 Å². The first-order valence-electron chi connectivity index (χ1n) is 8.95. The number of anilines is 2. The molecule has 0 spiro atoms. The summed E-state index contributed by atoms with van der Waals surface area (Å²) in [4.78, 5) is 26.2. The topological polar surface area (TPSA) is 67.2 Å². The smallest absolute Gasteiger partial charge is 0.255 e. The van der Waals surface area contributed by atoms with Gasteiger partial charge < -0.3 is 10.2 Å². The van der Waals surface area contributed by atoms with Gasteiger partial charge in [0.2, 0.25) is 5.91 Å². The fraction of sp³-hybridized carbons (Fsp3) is 0.190. The Morgan fingerprint density at radius 2 is 1.89 bits per heavy atom. The number of benzene rings is 2. The molecule has 6 heteroatoms. The molecule has 136 valence electrons. The second-order valence-electron chi connectivity index (χ2n) is 6.58. The number of hydrogen-bond donors (Lipinski definition) is 1. The van der Waals surface area contributed by atoms with E-state index in [9.17, 15) is 9.59 Å². The lowest BCUT2D eigenvalue weighted by Crippen LogP contribution is -2.23. The number of amides is 2. The Morgan fingerprint density at radius 3 is 2.56 bits per heavy atom. The van der Waals surface area contributed by atoms with Gasteiger partial charge in [0.05, 0.1) is 5.69 Å². The van der Waals surface area contributed by atoms with Crippen LogP contribution < -0.4 is 10.2 Å². The zero-order chi connectivity index (χ0) is 18.8. The maximum atomic E-state index is 12.6. The van der Waals surface area contributed by atoms with Crippen LogP contribution in [0.15, 0.2) is 60.8 Å². The molecule has 1 aliphatic heterocycles. The van der Waals surface area contributed by atoms with Crippen molar-refractivity contribution < 1.29 is 9.59 Å². The Bertz CT molecular complexity index is 991. The molecule has 2 amide bonds. The minimum absolute atomic E-state index is 0.128. The molecule has 1 saturated heterocycles. The molecule has 6 nitrogen and oxygen atoms in total. The molecule has 3 aromatic rings. The van der Waals surface area contributed by atoms with Crippen LogP contribution in [0.2, 0.25) is 0 Å². The molecule has 0 saturated carbocycles. The minimum atomic E-state index is -0.191. The van der Waals surface area contributed by atoms with Gasteiger partial charge in [-0.25, -0.2) is 4.68 Å². The zero-order valence-electron chi connectivity index (χ0n) is 15.1. The predicted octanol–water partition coefficient (Wildman–Crippen LogP) is 3.56. The highest BCUT2D eigenvalue weighted by atomic mass is 16.2. The molecule has 4 rings (SSSR count). The molecule has 2 heterocycles. The van der Waals surface area contributed by atoms with E-state index >= 15 is 0 Å². The van der Waals surface area contributed by atoms with Crippen molar-refractivity contribution >= 4 is 23.2 Å². The maximum Gasteiger partial charge on any atom is 0.255 e. The summed E-state index contributed by atoms with van der Waals surface area (Å²) in [5, 5.41) is 7.17. The highest BCUT2D eigenvalue weighted by molar-refractivity contribution is 6.05. The van der Waals surface area contributed by atoms with Gasteiger partial charge in [-0.3, -0.25) is 9.59 Å². The van der Waals surface area contributed by atoms with Crippen LogP contribution in [0.3, 0.4) is 0 Å². The summed E-state index contributed by atoms with van der Waals surface area (Å²) in [7, 11) is 0. The molecule has 27 heavy (non-hydrogen) atoms. The van der Waals surface area contributed by atoms with Crippen LogP contribution in [0.25, 0.3) is 5.69 Å². The predicted molar refractivity (Wildman–Crippen MR) is 104 cm³/mol. The van der Waals surface area contributed by atoms with E-state index in [2.05, 4.69) is 10.4 Å². The number of nitrogens with zero attached hydrogens (tertiary/aromatic N) is 3. The van der Waals surface area contributed by atoms with Gasteiger partial charge in [-0.1, -0.05) is 6.07 Å². The number of rotatable bonds is 4. The highest BCUT2D eigenvalue weighted by Gasteiger charge is 2.21. The third-order valence-corrected chi connectivity index (χ3v) is 4.70. The number of aromatic nitrogens is 2. The molecule has 0 unspecified atom stereocenters. The molecule has 1 aliphatic rings. The minimum Gasteiger partial charge on any atom is -0.322 e. The van der Waals surface area contributed by atoms with Crippen molar-refractivity contribution in [1.82, 2.24) is 9.78 Å². The largest absolute Gasteiger partial charge is 0.322 e. The van der Waals surface area contributed by atoms with Gasteiger partial charge in [0.25, 0.3) is 5.91 Å². The second-order valence-corrected chi connectivity index (χ2v) is 6.58. The Kier molecular flexibility index (Phi) is 4.46. The van der Waals surface area contributed by atoms with E-state index in [1.807, 2.05) is 54.1 Å². The normalized spacial score (nSPS) is 13.8. The first kappa shape index (κ1) is 17.0. The first-order valence-corrected chi connectivity index (χ1v) is 8.95. The molecule has 1 fully saturated rings. The van der Waals surface area contributed by atoms with Crippen LogP contribution in [-0.2, 0) is 4.79 Å². The lowest BCUT2D eigenvalue weighted by Gasteiger charge is -2.16. The third kappa shape index (κ3) is 3.46. The zero-order valence-corrected chi connectivity index (χ0v) is 15.1. The highest BCUT2D eigenvalue weighted by Crippen LogP contribution is 2.24. The van der Waals surface area contributed by atoms with Crippen molar-refractivity contribution in [2.45, 2.75) is 19.8 Å². The number of hydrogen-bond acceptors (Lipinski definition) is 3. The van der Waals surface area contributed by atoms with E-state index in [4.69, 9.17) is 0 Å². The Hall–Kier alpha value is -3.41. The van der Waals surface area contributed by atoms with Gasteiger partial charge in [0.1, 0.15) is 0 Å². The van der Waals surface area contributed by atoms with Crippen molar-refractivity contribution in [2.24, 2.45) is 0 Å². The molecule has 0 radical (unpaired) electrons. The van der Waals surface area contributed by atoms with E-state index < -0.39 is 0 Å². The summed E-state index contributed by atoms with van der Waals surface area (Å²) >= 11 is 0. The molecule has 1 N–H and O–H groups in total. The van der Waals surface area contributed by atoms with Crippen LogP contribution >= 0.6 is 0 Å². The fourth-order valence-corrected chi connectivity index (χ4v) is 3.27. The first-order chi connectivity index (χ1) is 13.1. The van der Waals surface area contributed by atoms with Crippen molar-refractivity contribution in [1.29, 1.82) is 0 Å². The molecular weight excluding hydrogens is 340 g/mol. The van der Waals surface area contributed by atoms with Gasteiger partial charge in [-0.2, -0.15) is 5.10 Å². The monoisotopic (exact) mass is 360 g/mol. The fourth-order valence-electron chi connectivity index (χ4n) is 3.27. The molecule has 0 bridgehead atoms. The molecule has 2 aromatic carbocycles. The van der Waals surface area contributed by atoms with E-state index in [-0.39, 0.29) is 11.8 Å². The number of nitrogens with one attached hydrogen (secondary N) is 1. The average Bonchev–Trinajstić information content (AvgIpc) is 3.30. The van der Waals surface area contributed by atoms with Crippen LogP contribution in [-0.4, -0.2) is 28.1 Å². The summed E-state index contributed by atoms with van der Waals surface area (Å²) in [6, 6.07) is 16.6. The lowest BCUT2D eigenvalue weighted by molar-refractivity contribution is -0.117. The Morgan fingerprint density at radius 1 is 1.07 bits per heavy atom. The van der Waals surface area contributed by atoms with Gasteiger partial charge in [-0.05, 0) is 61.9 Å². The van der Waals surface area contributed by atoms with Crippen molar-refractivity contribution in [3.8, 4) is 5.69 Å². The van der Waals surface area contributed by atoms with E-state index in [1.165, 1.54) is 0 Å². The SMILES string of the molecule is Cc1ccnn1-c1ccc(C(=O)Nc2cccc(N3CCCC3=O)c2)cc1. The molecule has 0 aliphatic carbocycles. The molecule has 1 aromatic heterocycles. The number of carbonyl (C=O) groups excluding carboxylic acids is 2. The lowest BCUT2D eigenvalue weighted by atomic mass is 10.2. The molecule has 0 atom stereocenters. The van der Waals surface area contributed by atoms with Crippen molar-refractivity contribution in [3.63, 3.8) is 0 Å². The quantitative estimate of drug-likeness (QED) is 0.773. The number of carbonyl (C=O) groups is 2. The molecular formula is C21H20N4O2. The van der Waals surface area contributed by atoms with Crippen LogP contribution in [0.5, 0.6) is 0 Å². The van der Waals surface area contributed by atoms with Crippen LogP contribution in [0.4, 0.5) is 11.4 Å². The average molecular weight is 360 g/mol. The summed E-state index contributed by atoms with van der Waals surface area (Å²) < 4.78 is 1.82. The number of aryl methyl sites for hydroxylation is 1. The second kappa shape index (κ2) is 7.07. The van der Waals surface area contributed by atoms with Gasteiger partial charge in [0, 0.05) is 41.8 Å². The van der Waals surface area contributed by atoms with Gasteiger partial charge in [-0.15, -0.1) is 0 Å². The Labute approximate surface area is 157 Å². The van der Waals surface area contributed by atoms with Crippen molar-refractivity contribution in [2.75, 3.05) is 16.8 Å². The third-order valence-electron chi connectivity index (χ3n) is 4.70. The maximum absolute atomic E-state index is 12.6. The Balaban J connectivity index is 1.49. The van der Waals surface area contributed by atoms with E-state index in [0.717, 1.165) is 30.0 Å². The van der Waals surface area contributed by atoms with Crippen LogP contribution in [0.1, 0.15) is 28.9 Å². The summed E-state index contributed by atoms with van der Waals surface area (Å²) in [5.41, 5.74) is 3.99. The van der Waals surface area contributed by atoms with E-state index in [1.54, 1.807) is 23.2 Å². The van der Waals surface area contributed by atoms with Crippen molar-refractivity contribution in [3.05, 3.63) is 72.1 Å². The standard InChI is InChI=1S/C21H20N4O2/c1-15-11-12-22-25(15)18-9-7-16(8-10-18)21(27)23-17-4-2-5-19(14-17)24-13-3-6-20(24)26/h2,4-5,7-12,14H,3,6,13H2,1H3,(H,23,27). The van der Waals surface area contributed by atoms with Gasteiger partial charge >= 0.3 is 0 Å². The van der Waals surface area contributed by atoms with Crippen LogP contribution in [0, 0.1) is 6.92 Å². The summed E-state index contributed by atoms with van der Waals surface area (Å²) in [6.07, 6.45) is 3.20. The summed E-state index contributed by atoms with van der Waals surface area (Å²) in [5.74, 6) is -0.0633.